The Morgan fingerprint density at radius 1 is 0.788 bits per heavy atom. The van der Waals surface area contributed by atoms with Gasteiger partial charge < -0.3 is 4.74 Å². The van der Waals surface area contributed by atoms with Gasteiger partial charge in [-0.1, -0.05) is 75.1 Å². The molecule has 0 aliphatic heterocycles. The molecule has 0 aromatic heterocycles. The molecule has 2 saturated carbocycles. The Kier molecular flexibility index (Phi) is 9.71. The zero-order valence-corrected chi connectivity index (χ0v) is 21.2. The summed E-state index contributed by atoms with van der Waals surface area (Å²) in [5.74, 6) is 4.06. The van der Waals surface area contributed by atoms with Gasteiger partial charge in [-0.05, 0) is 99.0 Å². The number of ether oxygens (including phenoxy) is 1. The molecular formula is C32H48O. The fraction of sp³-hybridized carbons (Fsp3) is 0.688. The van der Waals surface area contributed by atoms with E-state index in [2.05, 4.69) is 56.0 Å². The van der Waals surface area contributed by atoms with Gasteiger partial charge in [-0.3, -0.25) is 0 Å². The van der Waals surface area contributed by atoms with E-state index in [0.29, 0.717) is 12.0 Å². The van der Waals surface area contributed by atoms with Gasteiger partial charge in [0.05, 0.1) is 12.7 Å². The Balaban J connectivity index is 1.15. The first kappa shape index (κ1) is 24.8. The number of hydrogen-bond acceptors (Lipinski definition) is 1. The van der Waals surface area contributed by atoms with E-state index in [1.165, 1.54) is 101 Å². The van der Waals surface area contributed by atoms with Crippen molar-refractivity contribution in [3.05, 3.63) is 60.2 Å². The summed E-state index contributed by atoms with van der Waals surface area (Å²) in [6.07, 6.45) is 26.1. The summed E-state index contributed by atoms with van der Waals surface area (Å²) < 4.78 is 6.33. The minimum Gasteiger partial charge on any atom is -0.374 e. The molecule has 2 fully saturated rings. The Morgan fingerprint density at radius 3 is 2.09 bits per heavy atom. The van der Waals surface area contributed by atoms with Gasteiger partial charge in [-0.15, -0.1) is 6.58 Å². The lowest BCUT2D eigenvalue weighted by atomic mass is 9.79. The minimum absolute atomic E-state index is 0.338. The Labute approximate surface area is 204 Å². The first-order valence-electron chi connectivity index (χ1n) is 14.2. The van der Waals surface area contributed by atoms with Crippen LogP contribution in [0, 0.1) is 23.7 Å². The van der Waals surface area contributed by atoms with Crippen LogP contribution in [0.15, 0.2) is 49.1 Å². The predicted octanol–water partition coefficient (Wildman–Crippen LogP) is 9.04. The third kappa shape index (κ3) is 7.57. The fourth-order valence-electron chi connectivity index (χ4n) is 6.58. The van der Waals surface area contributed by atoms with Crippen molar-refractivity contribution >= 4 is 0 Å². The van der Waals surface area contributed by atoms with E-state index in [1.807, 2.05) is 0 Å². The van der Waals surface area contributed by atoms with Gasteiger partial charge in [0.1, 0.15) is 0 Å². The second kappa shape index (κ2) is 12.9. The van der Waals surface area contributed by atoms with Gasteiger partial charge in [0.15, 0.2) is 0 Å². The van der Waals surface area contributed by atoms with E-state index < -0.39 is 0 Å². The molecule has 0 radical (unpaired) electrons. The molecule has 0 N–H and O–H groups in total. The second-order valence-electron chi connectivity index (χ2n) is 11.4. The van der Waals surface area contributed by atoms with E-state index in [4.69, 9.17) is 4.74 Å². The van der Waals surface area contributed by atoms with Crippen LogP contribution in [0.1, 0.15) is 107 Å². The zero-order valence-electron chi connectivity index (χ0n) is 21.2. The van der Waals surface area contributed by atoms with Crippen LogP contribution in [0.5, 0.6) is 0 Å². The zero-order chi connectivity index (χ0) is 22.9. The van der Waals surface area contributed by atoms with Crippen LogP contribution in [-0.4, -0.2) is 12.7 Å². The molecule has 2 atom stereocenters. The molecule has 0 bridgehead atoms. The van der Waals surface area contributed by atoms with Gasteiger partial charge >= 0.3 is 0 Å². The predicted molar refractivity (Wildman–Crippen MR) is 142 cm³/mol. The van der Waals surface area contributed by atoms with Crippen molar-refractivity contribution in [1.82, 2.24) is 0 Å². The molecule has 0 saturated heterocycles. The van der Waals surface area contributed by atoms with Gasteiger partial charge in [-0.25, -0.2) is 0 Å². The summed E-state index contributed by atoms with van der Waals surface area (Å²) in [6.45, 7) is 7.28. The lowest BCUT2D eigenvalue weighted by Crippen LogP contribution is -2.23. The Hall–Kier alpha value is -1.34. The van der Waals surface area contributed by atoms with E-state index in [-0.39, 0.29) is 0 Å². The molecule has 1 aromatic rings. The second-order valence-corrected chi connectivity index (χ2v) is 11.4. The molecule has 0 heterocycles. The average Bonchev–Trinajstić information content (AvgIpc) is 2.88. The van der Waals surface area contributed by atoms with Crippen LogP contribution in [0.2, 0.25) is 0 Å². The molecule has 0 spiro atoms. The summed E-state index contributed by atoms with van der Waals surface area (Å²) >= 11 is 0. The first-order chi connectivity index (χ1) is 16.2. The number of benzene rings is 1. The monoisotopic (exact) mass is 448 g/mol. The van der Waals surface area contributed by atoms with E-state index >= 15 is 0 Å². The van der Waals surface area contributed by atoms with Crippen LogP contribution in [0.3, 0.4) is 0 Å². The lowest BCUT2D eigenvalue weighted by Gasteiger charge is -2.30. The van der Waals surface area contributed by atoms with Crippen LogP contribution in [-0.2, 0) is 11.2 Å². The van der Waals surface area contributed by atoms with Crippen molar-refractivity contribution in [2.24, 2.45) is 23.7 Å². The van der Waals surface area contributed by atoms with E-state index in [1.54, 1.807) is 0 Å². The van der Waals surface area contributed by atoms with Crippen molar-refractivity contribution in [3.8, 4) is 0 Å². The molecule has 1 heteroatoms. The minimum atomic E-state index is 0.338. The topological polar surface area (TPSA) is 9.23 Å². The third-order valence-corrected chi connectivity index (χ3v) is 9.00. The highest BCUT2D eigenvalue weighted by Gasteiger charge is 2.23. The summed E-state index contributed by atoms with van der Waals surface area (Å²) in [7, 11) is 0. The molecule has 0 amide bonds. The highest BCUT2D eigenvalue weighted by atomic mass is 16.5. The molecule has 33 heavy (non-hydrogen) atoms. The Bertz CT molecular complexity index is 715. The summed E-state index contributed by atoms with van der Waals surface area (Å²) in [6, 6.07) is 9.54. The molecule has 4 rings (SSSR count). The molecule has 182 valence electrons. The fourth-order valence-corrected chi connectivity index (χ4v) is 6.58. The molecule has 3 aliphatic rings. The lowest BCUT2D eigenvalue weighted by molar-refractivity contribution is 0.0332. The standard InChI is InChI=1S/C32H48O/c1-3-5-26-12-14-29(15-13-26)24-33-32-22-20-31(21-23-32)30-18-16-28(17-19-30)11-10-27-8-6-25(4-2)7-9-27/h4,16-20,22,25-27,29,31-32H,2-3,5-15,21,23-24H2,1H3. The normalized spacial score (nSPS) is 32.5. The van der Waals surface area contributed by atoms with Gasteiger partial charge in [-0.2, -0.15) is 0 Å². The Morgan fingerprint density at radius 2 is 1.45 bits per heavy atom. The highest BCUT2D eigenvalue weighted by Crippen LogP contribution is 2.34. The van der Waals surface area contributed by atoms with E-state index in [0.717, 1.165) is 30.3 Å². The van der Waals surface area contributed by atoms with Crippen molar-refractivity contribution in [1.29, 1.82) is 0 Å². The smallest absolute Gasteiger partial charge is 0.0756 e. The van der Waals surface area contributed by atoms with Crippen molar-refractivity contribution in [2.45, 2.75) is 109 Å². The first-order valence-corrected chi connectivity index (χ1v) is 14.2. The van der Waals surface area contributed by atoms with Gasteiger partial charge in [0.25, 0.3) is 0 Å². The number of rotatable bonds is 10. The number of allylic oxidation sites excluding steroid dienone is 2. The molecular weight excluding hydrogens is 400 g/mol. The summed E-state index contributed by atoms with van der Waals surface area (Å²) in [5, 5.41) is 0. The average molecular weight is 449 g/mol. The summed E-state index contributed by atoms with van der Waals surface area (Å²) in [4.78, 5) is 0. The highest BCUT2D eigenvalue weighted by molar-refractivity contribution is 5.29. The summed E-state index contributed by atoms with van der Waals surface area (Å²) in [5.41, 5.74) is 2.99. The van der Waals surface area contributed by atoms with Crippen LogP contribution in [0.4, 0.5) is 0 Å². The van der Waals surface area contributed by atoms with Crippen LogP contribution in [0.25, 0.3) is 0 Å². The molecule has 1 aromatic carbocycles. The largest absolute Gasteiger partial charge is 0.374 e. The van der Waals surface area contributed by atoms with Crippen molar-refractivity contribution in [3.63, 3.8) is 0 Å². The SMILES string of the molecule is C=CC1CCC(CCc2ccc(C3C=CC(OCC4CCC(CCC)CC4)CC3)cc2)CC1. The van der Waals surface area contributed by atoms with Crippen LogP contribution < -0.4 is 0 Å². The quantitative estimate of drug-likeness (QED) is 0.324. The van der Waals surface area contributed by atoms with Gasteiger partial charge in [0.2, 0.25) is 0 Å². The number of aryl methyl sites for hydroxylation is 1. The molecule has 3 aliphatic carbocycles. The molecule has 2 unspecified atom stereocenters. The number of hydrogen-bond donors (Lipinski definition) is 0. The van der Waals surface area contributed by atoms with Crippen molar-refractivity contribution in [2.75, 3.05) is 6.61 Å². The maximum atomic E-state index is 6.33. The third-order valence-electron chi connectivity index (χ3n) is 9.00. The van der Waals surface area contributed by atoms with E-state index in [9.17, 15) is 0 Å². The maximum Gasteiger partial charge on any atom is 0.0756 e. The maximum absolute atomic E-state index is 6.33. The molecule has 1 nitrogen and oxygen atoms in total. The van der Waals surface area contributed by atoms with Crippen molar-refractivity contribution < 1.29 is 4.74 Å². The van der Waals surface area contributed by atoms with Gasteiger partial charge in [0, 0.05) is 5.92 Å². The van der Waals surface area contributed by atoms with Crippen LogP contribution >= 0.6 is 0 Å².